The van der Waals surface area contributed by atoms with Crippen molar-refractivity contribution in [3.05, 3.63) is 123 Å². The standard InChI is InChI=1S/C34H35ClN2O3/c1-4-37(5-2)28-17-13-25(14-18-28)32-31(34(39)40-21-23-9-7-6-8-10-23)22(3)36-29-19-26(20-30(38)33(29)32)24-11-15-27(35)16-12-24/h6-18,26,32,36H,4-5,19-21H2,1-3H3/t26-,32-/m0/s1. The van der Waals surface area contributed by atoms with Crippen LogP contribution in [0.1, 0.15) is 62.1 Å². The smallest absolute Gasteiger partial charge is 0.337 e. The Kier molecular flexibility index (Phi) is 8.41. The predicted molar refractivity (Wildman–Crippen MR) is 160 cm³/mol. The van der Waals surface area contributed by atoms with Crippen molar-refractivity contribution in [1.29, 1.82) is 0 Å². The van der Waals surface area contributed by atoms with Crippen molar-refractivity contribution in [3.8, 4) is 0 Å². The van der Waals surface area contributed by atoms with Crippen LogP contribution in [0.25, 0.3) is 0 Å². The first-order valence-electron chi connectivity index (χ1n) is 13.9. The van der Waals surface area contributed by atoms with Crippen molar-refractivity contribution in [2.24, 2.45) is 0 Å². The third-order valence-electron chi connectivity index (χ3n) is 7.96. The number of hydrogen-bond donors (Lipinski definition) is 1. The van der Waals surface area contributed by atoms with Gasteiger partial charge in [-0.1, -0.05) is 66.2 Å². The summed E-state index contributed by atoms with van der Waals surface area (Å²) < 4.78 is 5.81. The molecule has 1 N–H and O–H groups in total. The highest BCUT2D eigenvalue weighted by atomic mass is 35.5. The summed E-state index contributed by atoms with van der Waals surface area (Å²) in [5.41, 5.74) is 6.78. The highest BCUT2D eigenvalue weighted by Gasteiger charge is 2.41. The van der Waals surface area contributed by atoms with Gasteiger partial charge < -0.3 is 15.0 Å². The zero-order valence-electron chi connectivity index (χ0n) is 23.2. The number of anilines is 1. The molecule has 0 fully saturated rings. The number of ketones is 1. The molecule has 5 nitrogen and oxygen atoms in total. The fourth-order valence-corrected chi connectivity index (χ4v) is 6.01. The molecule has 206 valence electrons. The first kappa shape index (κ1) is 27.7. The number of esters is 1. The maximum atomic E-state index is 13.9. The molecule has 6 heteroatoms. The van der Waals surface area contributed by atoms with Crippen LogP contribution < -0.4 is 10.2 Å². The molecule has 1 aliphatic heterocycles. The Morgan fingerprint density at radius 1 is 0.925 bits per heavy atom. The molecule has 0 amide bonds. The van der Waals surface area contributed by atoms with Crippen LogP contribution >= 0.6 is 11.6 Å². The van der Waals surface area contributed by atoms with Crippen molar-refractivity contribution in [1.82, 2.24) is 5.32 Å². The summed E-state index contributed by atoms with van der Waals surface area (Å²) in [6, 6.07) is 25.6. The number of ether oxygens (including phenoxy) is 1. The summed E-state index contributed by atoms with van der Waals surface area (Å²) in [6.45, 7) is 8.13. The van der Waals surface area contributed by atoms with Gasteiger partial charge in [-0.15, -0.1) is 0 Å². The zero-order valence-corrected chi connectivity index (χ0v) is 24.0. The second-order valence-corrected chi connectivity index (χ2v) is 10.8. The molecule has 1 aliphatic carbocycles. The zero-order chi connectivity index (χ0) is 28.2. The number of carbonyl (C=O) groups is 2. The van der Waals surface area contributed by atoms with E-state index in [1.54, 1.807) is 0 Å². The van der Waals surface area contributed by atoms with Crippen LogP contribution in [0.4, 0.5) is 5.69 Å². The van der Waals surface area contributed by atoms with Crippen LogP contribution in [0, 0.1) is 0 Å². The average molecular weight is 555 g/mol. The molecule has 5 rings (SSSR count). The molecular weight excluding hydrogens is 520 g/mol. The minimum absolute atomic E-state index is 0.0427. The van der Waals surface area contributed by atoms with Gasteiger partial charge in [0.15, 0.2) is 5.78 Å². The van der Waals surface area contributed by atoms with Gasteiger partial charge >= 0.3 is 5.97 Å². The summed E-state index contributed by atoms with van der Waals surface area (Å²) in [5, 5.41) is 4.11. The Labute approximate surface area is 241 Å². The van der Waals surface area contributed by atoms with Gasteiger partial charge in [-0.25, -0.2) is 4.79 Å². The SMILES string of the molecule is CCN(CC)c1ccc([C@H]2C(C(=O)OCc3ccccc3)=C(C)NC3=C2C(=O)C[C@@H](c2ccc(Cl)cc2)C3)cc1. The van der Waals surface area contributed by atoms with Crippen LogP contribution in [0.3, 0.4) is 0 Å². The summed E-state index contributed by atoms with van der Waals surface area (Å²) in [7, 11) is 0. The molecule has 0 radical (unpaired) electrons. The number of nitrogens with one attached hydrogen (secondary N) is 1. The lowest BCUT2D eigenvalue weighted by molar-refractivity contribution is -0.140. The number of halogens is 1. The third kappa shape index (κ3) is 5.71. The van der Waals surface area contributed by atoms with E-state index in [1.165, 1.54) is 0 Å². The molecule has 2 atom stereocenters. The van der Waals surface area contributed by atoms with Gasteiger partial charge in [0.1, 0.15) is 6.61 Å². The van der Waals surface area contributed by atoms with E-state index in [1.807, 2.05) is 73.7 Å². The van der Waals surface area contributed by atoms with Crippen LogP contribution in [0.2, 0.25) is 5.02 Å². The number of carbonyl (C=O) groups excluding carboxylic acids is 2. The van der Waals surface area contributed by atoms with Gasteiger partial charge in [-0.2, -0.15) is 0 Å². The second-order valence-electron chi connectivity index (χ2n) is 10.4. The molecule has 0 bridgehead atoms. The predicted octanol–water partition coefficient (Wildman–Crippen LogP) is 7.29. The largest absolute Gasteiger partial charge is 0.457 e. The Balaban J connectivity index is 1.51. The van der Waals surface area contributed by atoms with E-state index in [9.17, 15) is 9.59 Å². The van der Waals surface area contributed by atoms with Crippen molar-refractivity contribution >= 4 is 29.0 Å². The fourth-order valence-electron chi connectivity index (χ4n) is 5.88. The minimum atomic E-state index is -0.496. The molecule has 3 aromatic carbocycles. The highest BCUT2D eigenvalue weighted by Crippen LogP contribution is 2.46. The Hall–Kier alpha value is -3.83. The molecule has 0 spiro atoms. The molecule has 0 saturated heterocycles. The average Bonchev–Trinajstić information content (AvgIpc) is 2.97. The fraction of sp³-hybridized carbons (Fsp3) is 0.294. The monoisotopic (exact) mass is 554 g/mol. The maximum Gasteiger partial charge on any atom is 0.337 e. The number of Topliss-reactive ketones (excluding diaryl/α,β-unsaturated/α-hetero) is 1. The van der Waals surface area contributed by atoms with Crippen LogP contribution in [0.15, 0.2) is 101 Å². The van der Waals surface area contributed by atoms with E-state index in [4.69, 9.17) is 16.3 Å². The molecule has 0 aromatic heterocycles. The lowest BCUT2D eigenvalue weighted by atomic mass is 9.71. The molecule has 40 heavy (non-hydrogen) atoms. The molecule has 0 saturated carbocycles. The quantitative estimate of drug-likeness (QED) is 0.296. The lowest BCUT2D eigenvalue weighted by Gasteiger charge is -2.37. The summed E-state index contributed by atoms with van der Waals surface area (Å²) in [4.78, 5) is 29.8. The van der Waals surface area contributed by atoms with Crippen molar-refractivity contribution in [2.45, 2.75) is 52.1 Å². The van der Waals surface area contributed by atoms with Gasteiger partial charge in [0.25, 0.3) is 0 Å². The molecule has 0 unspecified atom stereocenters. The second kappa shape index (κ2) is 12.1. The number of hydrogen-bond acceptors (Lipinski definition) is 5. The molecular formula is C34H35ClN2O3. The van der Waals surface area contributed by atoms with Gasteiger partial charge in [-0.05, 0) is 74.1 Å². The van der Waals surface area contributed by atoms with Gasteiger partial charge in [0.2, 0.25) is 0 Å². The van der Waals surface area contributed by atoms with Crippen molar-refractivity contribution < 1.29 is 14.3 Å². The lowest BCUT2D eigenvalue weighted by Crippen LogP contribution is -2.36. The molecule has 1 heterocycles. The number of rotatable bonds is 8. The number of benzene rings is 3. The summed E-state index contributed by atoms with van der Waals surface area (Å²) in [6.07, 6.45) is 1.06. The van der Waals surface area contributed by atoms with Crippen molar-refractivity contribution in [3.63, 3.8) is 0 Å². The first-order valence-corrected chi connectivity index (χ1v) is 14.3. The topological polar surface area (TPSA) is 58.6 Å². The molecule has 3 aromatic rings. The first-order chi connectivity index (χ1) is 19.4. The van der Waals surface area contributed by atoms with Crippen LogP contribution in [-0.2, 0) is 20.9 Å². The van der Waals surface area contributed by atoms with E-state index >= 15 is 0 Å². The Morgan fingerprint density at radius 3 is 2.23 bits per heavy atom. The highest BCUT2D eigenvalue weighted by molar-refractivity contribution is 6.30. The van der Waals surface area contributed by atoms with Crippen LogP contribution in [-0.4, -0.2) is 24.8 Å². The van der Waals surface area contributed by atoms with E-state index < -0.39 is 11.9 Å². The third-order valence-corrected chi connectivity index (χ3v) is 8.21. The number of allylic oxidation sites excluding steroid dienone is 3. The van der Waals surface area contributed by atoms with E-state index in [2.05, 4.69) is 36.2 Å². The van der Waals surface area contributed by atoms with Gasteiger partial charge in [0, 0.05) is 53.1 Å². The van der Waals surface area contributed by atoms with Gasteiger partial charge in [-0.3, -0.25) is 4.79 Å². The summed E-state index contributed by atoms with van der Waals surface area (Å²) >= 11 is 6.11. The Bertz CT molecular complexity index is 1440. The molecule has 2 aliphatic rings. The minimum Gasteiger partial charge on any atom is -0.457 e. The van der Waals surface area contributed by atoms with Crippen molar-refractivity contribution in [2.75, 3.05) is 18.0 Å². The normalized spacial score (nSPS) is 18.8. The number of dihydropyridines is 1. The Morgan fingerprint density at radius 2 is 1.57 bits per heavy atom. The maximum absolute atomic E-state index is 13.9. The van der Waals surface area contributed by atoms with E-state index in [-0.39, 0.29) is 18.3 Å². The van der Waals surface area contributed by atoms with E-state index in [0.29, 0.717) is 29.0 Å². The summed E-state index contributed by atoms with van der Waals surface area (Å²) in [5.74, 6) is -0.816. The van der Waals surface area contributed by atoms with Crippen LogP contribution in [0.5, 0.6) is 0 Å². The van der Waals surface area contributed by atoms with E-state index in [0.717, 1.165) is 46.9 Å². The van der Waals surface area contributed by atoms with Gasteiger partial charge in [0.05, 0.1) is 5.57 Å². The number of nitrogens with zero attached hydrogens (tertiary/aromatic N) is 1.